The highest BCUT2D eigenvalue weighted by Gasteiger charge is 2.22. The zero-order valence-corrected chi connectivity index (χ0v) is 11.3. The second kappa shape index (κ2) is 5.75. The average Bonchev–Trinajstić information content (AvgIpc) is 2.98. The van der Waals surface area contributed by atoms with Gasteiger partial charge in [0.05, 0.1) is 0 Å². The van der Waals surface area contributed by atoms with E-state index in [-0.39, 0.29) is 11.8 Å². The molecule has 1 aromatic heterocycles. The minimum atomic E-state index is -0.268. The van der Waals surface area contributed by atoms with Crippen LogP contribution in [0.4, 0.5) is 15.0 Å². The lowest BCUT2D eigenvalue weighted by Crippen LogP contribution is -2.33. The lowest BCUT2D eigenvalue weighted by molar-refractivity contribution is 0.224. The number of amides is 2. The van der Waals surface area contributed by atoms with Crippen LogP contribution in [0.2, 0.25) is 0 Å². The van der Waals surface area contributed by atoms with Gasteiger partial charge in [0.25, 0.3) is 0 Å². The summed E-state index contributed by atoms with van der Waals surface area (Å²) in [6.07, 6.45) is 3.49. The molecule has 106 valence electrons. The molecular weight excluding hydrogens is 269 g/mol. The minimum Gasteiger partial charge on any atom is -0.316 e. The van der Waals surface area contributed by atoms with Crippen molar-refractivity contribution >= 4 is 17.4 Å². The minimum absolute atomic E-state index is 0.240. The highest BCUT2D eigenvalue weighted by molar-refractivity contribution is 5.90. The van der Waals surface area contributed by atoms with E-state index in [1.165, 1.54) is 6.07 Å². The summed E-state index contributed by atoms with van der Waals surface area (Å²) in [5.74, 6) is 0.234. The van der Waals surface area contributed by atoms with Gasteiger partial charge in [-0.1, -0.05) is 30.3 Å². The van der Waals surface area contributed by atoms with Gasteiger partial charge in [-0.3, -0.25) is 5.32 Å². The molecule has 1 aliphatic heterocycles. The summed E-state index contributed by atoms with van der Waals surface area (Å²) < 4.78 is 13.7. The number of aromatic nitrogens is 1. The Labute approximate surface area is 121 Å². The highest BCUT2D eigenvalue weighted by Crippen LogP contribution is 2.23. The average molecular weight is 283 g/mol. The zero-order valence-electron chi connectivity index (χ0n) is 11.3. The summed E-state index contributed by atoms with van der Waals surface area (Å²) in [5.41, 5.74) is 1.37. The van der Waals surface area contributed by atoms with Crippen molar-refractivity contribution < 1.29 is 9.18 Å². The Morgan fingerprint density at radius 3 is 2.76 bits per heavy atom. The summed E-state index contributed by atoms with van der Waals surface area (Å²) in [5, 5.41) is 2.72. The fourth-order valence-electron chi connectivity index (χ4n) is 2.25. The Bertz CT molecular complexity index is 685. The van der Waals surface area contributed by atoms with Crippen molar-refractivity contribution in [3.8, 4) is 0 Å². The maximum Gasteiger partial charge on any atom is 0.323 e. The Morgan fingerprint density at radius 1 is 1.19 bits per heavy atom. The topological polar surface area (TPSA) is 45.2 Å². The van der Waals surface area contributed by atoms with Crippen molar-refractivity contribution in [3.63, 3.8) is 0 Å². The molecule has 2 heterocycles. The van der Waals surface area contributed by atoms with E-state index in [1.54, 1.807) is 47.5 Å². The number of anilines is 1. The molecule has 1 N–H and O–H groups in total. The number of carbonyl (C=O) groups excluding carboxylic acids is 1. The third-order valence-corrected chi connectivity index (χ3v) is 3.33. The molecule has 0 bridgehead atoms. The van der Waals surface area contributed by atoms with Crippen LogP contribution in [0.15, 0.2) is 54.7 Å². The van der Waals surface area contributed by atoms with Gasteiger partial charge >= 0.3 is 6.03 Å². The molecule has 5 heteroatoms. The molecule has 0 aliphatic carbocycles. The smallest absolute Gasteiger partial charge is 0.316 e. The van der Waals surface area contributed by atoms with Crippen molar-refractivity contribution in [2.75, 3.05) is 18.4 Å². The number of nitrogens with zero attached hydrogens (tertiary/aromatic N) is 2. The molecule has 0 unspecified atom stereocenters. The molecule has 0 spiro atoms. The van der Waals surface area contributed by atoms with Crippen LogP contribution >= 0.6 is 0 Å². The van der Waals surface area contributed by atoms with Crippen LogP contribution in [-0.2, 0) is 0 Å². The highest BCUT2D eigenvalue weighted by atomic mass is 19.1. The SMILES string of the molecule is O=C(Nc1ccccn1)N1CC=C(c2ccccc2F)C1. The van der Waals surface area contributed by atoms with Crippen molar-refractivity contribution in [3.05, 3.63) is 66.1 Å². The molecule has 0 fully saturated rings. The summed E-state index contributed by atoms with van der Waals surface area (Å²) in [4.78, 5) is 17.8. The maximum atomic E-state index is 13.7. The molecule has 0 radical (unpaired) electrons. The van der Waals surface area contributed by atoms with Crippen LogP contribution in [-0.4, -0.2) is 29.0 Å². The van der Waals surface area contributed by atoms with E-state index in [2.05, 4.69) is 10.3 Å². The normalized spacial score (nSPS) is 14.0. The van der Waals surface area contributed by atoms with Crippen LogP contribution in [0.5, 0.6) is 0 Å². The standard InChI is InChI=1S/C16H14FN3O/c17-14-6-2-1-5-13(14)12-8-10-20(11-12)16(21)19-15-7-3-4-9-18-15/h1-9H,10-11H2,(H,18,19,21). The number of rotatable bonds is 2. The zero-order chi connectivity index (χ0) is 14.7. The second-order valence-electron chi connectivity index (χ2n) is 4.73. The summed E-state index contributed by atoms with van der Waals surface area (Å²) in [7, 11) is 0. The molecule has 2 amide bonds. The molecule has 21 heavy (non-hydrogen) atoms. The number of carbonyl (C=O) groups is 1. The first-order chi connectivity index (χ1) is 10.2. The fraction of sp³-hybridized carbons (Fsp3) is 0.125. The monoisotopic (exact) mass is 283 g/mol. The van der Waals surface area contributed by atoms with Crippen LogP contribution in [0.3, 0.4) is 0 Å². The quantitative estimate of drug-likeness (QED) is 0.920. The number of pyridine rings is 1. The van der Waals surface area contributed by atoms with Gasteiger partial charge in [-0.25, -0.2) is 14.2 Å². The van der Waals surface area contributed by atoms with Gasteiger partial charge in [-0.05, 0) is 23.8 Å². The van der Waals surface area contributed by atoms with Crippen molar-refractivity contribution in [1.82, 2.24) is 9.88 Å². The molecule has 0 atom stereocenters. The fourth-order valence-corrected chi connectivity index (χ4v) is 2.25. The van der Waals surface area contributed by atoms with E-state index in [4.69, 9.17) is 0 Å². The Morgan fingerprint density at radius 2 is 2.00 bits per heavy atom. The van der Waals surface area contributed by atoms with Crippen LogP contribution in [0.1, 0.15) is 5.56 Å². The predicted octanol–water partition coefficient (Wildman–Crippen LogP) is 3.15. The van der Waals surface area contributed by atoms with Gasteiger partial charge in [0, 0.05) is 24.8 Å². The number of halogens is 1. The van der Waals surface area contributed by atoms with Gasteiger partial charge in [0.15, 0.2) is 0 Å². The number of nitrogens with one attached hydrogen (secondary N) is 1. The van der Waals surface area contributed by atoms with E-state index in [9.17, 15) is 9.18 Å². The van der Waals surface area contributed by atoms with E-state index >= 15 is 0 Å². The Hall–Kier alpha value is -2.69. The van der Waals surface area contributed by atoms with Crippen molar-refractivity contribution in [2.24, 2.45) is 0 Å². The van der Waals surface area contributed by atoms with Gasteiger partial charge in [0.2, 0.25) is 0 Å². The van der Waals surface area contributed by atoms with E-state index in [0.29, 0.717) is 24.5 Å². The Kier molecular flexibility index (Phi) is 3.64. The number of benzene rings is 1. The molecule has 1 aromatic carbocycles. The number of urea groups is 1. The Balaban J connectivity index is 1.66. The van der Waals surface area contributed by atoms with Crippen LogP contribution in [0.25, 0.3) is 5.57 Å². The maximum absolute atomic E-state index is 13.7. The summed E-state index contributed by atoms with van der Waals surface area (Å²) in [6, 6.07) is 11.7. The molecule has 1 aliphatic rings. The lowest BCUT2D eigenvalue weighted by atomic mass is 10.1. The van der Waals surface area contributed by atoms with Crippen molar-refractivity contribution in [2.45, 2.75) is 0 Å². The molecule has 2 aromatic rings. The molecule has 0 saturated heterocycles. The van der Waals surface area contributed by atoms with Crippen molar-refractivity contribution in [1.29, 1.82) is 0 Å². The lowest BCUT2D eigenvalue weighted by Gasteiger charge is -2.17. The largest absolute Gasteiger partial charge is 0.323 e. The second-order valence-corrected chi connectivity index (χ2v) is 4.73. The molecule has 4 nitrogen and oxygen atoms in total. The summed E-state index contributed by atoms with van der Waals surface area (Å²) >= 11 is 0. The summed E-state index contributed by atoms with van der Waals surface area (Å²) in [6.45, 7) is 0.849. The first kappa shape index (κ1) is 13.3. The molecule has 3 rings (SSSR count). The molecule has 0 saturated carbocycles. The van der Waals surface area contributed by atoms with Gasteiger partial charge in [-0.2, -0.15) is 0 Å². The number of hydrogen-bond acceptors (Lipinski definition) is 2. The first-order valence-corrected chi connectivity index (χ1v) is 6.65. The van der Waals surface area contributed by atoms with Crippen LogP contribution < -0.4 is 5.32 Å². The van der Waals surface area contributed by atoms with Gasteiger partial charge < -0.3 is 4.90 Å². The van der Waals surface area contributed by atoms with E-state index in [0.717, 1.165) is 5.57 Å². The van der Waals surface area contributed by atoms with Gasteiger partial charge in [-0.15, -0.1) is 0 Å². The first-order valence-electron chi connectivity index (χ1n) is 6.65. The van der Waals surface area contributed by atoms with Gasteiger partial charge in [0.1, 0.15) is 11.6 Å². The van der Waals surface area contributed by atoms with Crippen LogP contribution in [0, 0.1) is 5.82 Å². The van der Waals surface area contributed by atoms with E-state index in [1.807, 2.05) is 6.08 Å². The van der Waals surface area contributed by atoms with E-state index < -0.39 is 0 Å². The molecular formula is C16H14FN3O. The number of hydrogen-bond donors (Lipinski definition) is 1. The third kappa shape index (κ3) is 2.91. The third-order valence-electron chi connectivity index (χ3n) is 3.33. The predicted molar refractivity (Wildman–Crippen MR) is 79.2 cm³/mol.